The second-order valence-electron chi connectivity index (χ2n) is 5.87. The molecule has 0 spiro atoms. The number of nitrogens with zero attached hydrogens (tertiary/aromatic N) is 2. The molecule has 0 bridgehead atoms. The molecule has 1 aliphatic heterocycles. The van der Waals surface area contributed by atoms with Crippen LogP contribution in [-0.4, -0.2) is 35.1 Å². The maximum Gasteiger partial charge on any atom is 0.129 e. The van der Waals surface area contributed by atoms with Crippen molar-refractivity contribution in [1.29, 1.82) is 0 Å². The van der Waals surface area contributed by atoms with Crippen molar-refractivity contribution in [3.05, 3.63) is 23.4 Å². The van der Waals surface area contributed by atoms with Crippen LogP contribution in [0.5, 0.6) is 0 Å². The molecule has 1 saturated heterocycles. The van der Waals surface area contributed by atoms with E-state index < -0.39 is 0 Å². The molecule has 1 aromatic rings. The molecule has 1 aliphatic rings. The van der Waals surface area contributed by atoms with E-state index >= 15 is 0 Å². The number of hydrogen-bond donors (Lipinski definition) is 1. The first kappa shape index (κ1) is 16.6. The summed E-state index contributed by atoms with van der Waals surface area (Å²) >= 11 is 2.08. The van der Waals surface area contributed by atoms with E-state index in [1.54, 1.807) is 0 Å². The number of hydrogen-bond acceptors (Lipinski definition) is 4. The van der Waals surface area contributed by atoms with E-state index in [1.165, 1.54) is 22.8 Å². The van der Waals surface area contributed by atoms with Crippen LogP contribution in [0.15, 0.2) is 12.1 Å². The summed E-state index contributed by atoms with van der Waals surface area (Å²) in [6.07, 6.45) is 2.22. The Balaban J connectivity index is 2.25. The molecule has 2 rings (SSSR count). The summed E-state index contributed by atoms with van der Waals surface area (Å²) in [6, 6.07) is 5.10. The average molecular weight is 308 g/mol. The van der Waals surface area contributed by atoms with E-state index in [9.17, 15) is 0 Å². The molecule has 2 atom stereocenters. The third kappa shape index (κ3) is 4.36. The van der Waals surface area contributed by atoms with Crippen molar-refractivity contribution in [1.82, 2.24) is 10.3 Å². The second-order valence-corrected chi connectivity index (χ2v) is 7.35. The van der Waals surface area contributed by atoms with Gasteiger partial charge in [0.1, 0.15) is 5.82 Å². The molecule has 118 valence electrons. The highest BCUT2D eigenvalue weighted by molar-refractivity contribution is 8.00. The van der Waals surface area contributed by atoms with E-state index in [1.807, 2.05) is 0 Å². The largest absolute Gasteiger partial charge is 0.352 e. The first-order valence-corrected chi connectivity index (χ1v) is 9.29. The summed E-state index contributed by atoms with van der Waals surface area (Å²) in [5, 5.41) is 4.11. The highest BCUT2D eigenvalue weighted by atomic mass is 32.2. The minimum atomic E-state index is 0.556. The normalized spacial score (nSPS) is 22.6. The SMILES string of the molecule is CCCc1cc(CNCC)cc(N2CCSC(C)C2C)n1. The first-order valence-electron chi connectivity index (χ1n) is 8.24. The second kappa shape index (κ2) is 8.04. The summed E-state index contributed by atoms with van der Waals surface area (Å²) < 4.78 is 0. The van der Waals surface area contributed by atoms with Crippen LogP contribution in [0.3, 0.4) is 0 Å². The van der Waals surface area contributed by atoms with Crippen LogP contribution in [0.2, 0.25) is 0 Å². The van der Waals surface area contributed by atoms with Crippen molar-refractivity contribution >= 4 is 17.6 Å². The Kier molecular flexibility index (Phi) is 6.37. The van der Waals surface area contributed by atoms with Crippen LogP contribution in [-0.2, 0) is 13.0 Å². The lowest BCUT2D eigenvalue weighted by molar-refractivity contribution is 0.617. The van der Waals surface area contributed by atoms with Gasteiger partial charge in [-0.1, -0.05) is 27.2 Å². The van der Waals surface area contributed by atoms with Gasteiger partial charge >= 0.3 is 0 Å². The number of rotatable bonds is 6. The number of pyridine rings is 1. The van der Waals surface area contributed by atoms with Crippen molar-refractivity contribution in [2.75, 3.05) is 23.7 Å². The molecule has 0 radical (unpaired) electrons. The highest BCUT2D eigenvalue weighted by Crippen LogP contribution is 2.28. The molecule has 2 unspecified atom stereocenters. The Morgan fingerprint density at radius 2 is 2.14 bits per heavy atom. The number of nitrogens with one attached hydrogen (secondary N) is 1. The number of aromatic nitrogens is 1. The Labute approximate surface area is 133 Å². The van der Waals surface area contributed by atoms with Gasteiger partial charge in [-0.3, -0.25) is 0 Å². The molecule has 1 aromatic heterocycles. The molecular formula is C17H29N3S. The van der Waals surface area contributed by atoms with Gasteiger partial charge in [0.25, 0.3) is 0 Å². The van der Waals surface area contributed by atoms with Crippen molar-refractivity contribution in [3.63, 3.8) is 0 Å². The number of aryl methyl sites for hydroxylation is 1. The predicted octanol–water partition coefficient (Wildman–Crippen LogP) is 3.47. The molecule has 0 saturated carbocycles. The van der Waals surface area contributed by atoms with Gasteiger partial charge in [0, 0.05) is 35.8 Å². The summed E-state index contributed by atoms with van der Waals surface area (Å²) in [5.41, 5.74) is 2.60. The van der Waals surface area contributed by atoms with Gasteiger partial charge < -0.3 is 10.2 Å². The smallest absolute Gasteiger partial charge is 0.129 e. The molecule has 0 aromatic carbocycles. The summed E-state index contributed by atoms with van der Waals surface area (Å²) in [6.45, 7) is 12.1. The van der Waals surface area contributed by atoms with Crippen LogP contribution >= 0.6 is 11.8 Å². The van der Waals surface area contributed by atoms with E-state index in [4.69, 9.17) is 4.98 Å². The zero-order valence-corrected chi connectivity index (χ0v) is 14.7. The topological polar surface area (TPSA) is 28.2 Å². The zero-order valence-electron chi connectivity index (χ0n) is 13.9. The average Bonchev–Trinajstić information content (AvgIpc) is 2.48. The van der Waals surface area contributed by atoms with Crippen molar-refractivity contribution < 1.29 is 0 Å². The fourth-order valence-electron chi connectivity index (χ4n) is 2.79. The maximum atomic E-state index is 4.93. The van der Waals surface area contributed by atoms with Crippen LogP contribution in [0.25, 0.3) is 0 Å². The quantitative estimate of drug-likeness (QED) is 0.871. The zero-order chi connectivity index (χ0) is 15.2. The summed E-state index contributed by atoms with van der Waals surface area (Å²) in [7, 11) is 0. The highest BCUT2D eigenvalue weighted by Gasteiger charge is 2.26. The van der Waals surface area contributed by atoms with E-state index in [0.29, 0.717) is 11.3 Å². The molecule has 0 aliphatic carbocycles. The van der Waals surface area contributed by atoms with Crippen molar-refractivity contribution in [3.8, 4) is 0 Å². The van der Waals surface area contributed by atoms with Gasteiger partial charge in [0.05, 0.1) is 0 Å². The van der Waals surface area contributed by atoms with Gasteiger partial charge in [-0.25, -0.2) is 4.98 Å². The Morgan fingerprint density at radius 3 is 2.86 bits per heavy atom. The van der Waals surface area contributed by atoms with Crippen LogP contribution < -0.4 is 10.2 Å². The lowest BCUT2D eigenvalue weighted by Gasteiger charge is -2.38. The molecule has 1 N–H and O–H groups in total. The minimum absolute atomic E-state index is 0.556. The first-order chi connectivity index (χ1) is 10.2. The molecule has 2 heterocycles. The van der Waals surface area contributed by atoms with Crippen LogP contribution in [0.1, 0.15) is 45.4 Å². The van der Waals surface area contributed by atoms with Gasteiger partial charge in [-0.2, -0.15) is 11.8 Å². The van der Waals surface area contributed by atoms with Crippen LogP contribution in [0.4, 0.5) is 5.82 Å². The lowest BCUT2D eigenvalue weighted by atomic mass is 10.1. The van der Waals surface area contributed by atoms with Gasteiger partial charge in [0.15, 0.2) is 0 Å². The third-order valence-electron chi connectivity index (χ3n) is 4.19. The van der Waals surface area contributed by atoms with E-state index in [0.717, 1.165) is 32.5 Å². The molecule has 1 fully saturated rings. The van der Waals surface area contributed by atoms with Crippen molar-refractivity contribution in [2.24, 2.45) is 0 Å². The van der Waals surface area contributed by atoms with Gasteiger partial charge in [-0.15, -0.1) is 0 Å². The Morgan fingerprint density at radius 1 is 1.33 bits per heavy atom. The monoisotopic (exact) mass is 307 g/mol. The fraction of sp³-hybridized carbons (Fsp3) is 0.706. The molecule has 3 nitrogen and oxygen atoms in total. The minimum Gasteiger partial charge on any atom is -0.352 e. The van der Waals surface area contributed by atoms with Crippen molar-refractivity contribution in [2.45, 2.75) is 58.4 Å². The maximum absolute atomic E-state index is 4.93. The summed E-state index contributed by atoms with van der Waals surface area (Å²) in [5.74, 6) is 2.38. The lowest BCUT2D eigenvalue weighted by Crippen LogP contribution is -2.45. The fourth-order valence-corrected chi connectivity index (χ4v) is 3.89. The Bertz CT molecular complexity index is 450. The molecular weight excluding hydrogens is 278 g/mol. The molecule has 0 amide bonds. The number of thioether (sulfide) groups is 1. The Hall–Kier alpha value is -0.740. The molecule has 21 heavy (non-hydrogen) atoms. The van der Waals surface area contributed by atoms with Crippen LogP contribution in [0, 0.1) is 0 Å². The third-order valence-corrected chi connectivity index (χ3v) is 5.53. The molecule has 4 heteroatoms. The van der Waals surface area contributed by atoms with E-state index in [2.05, 4.69) is 61.8 Å². The van der Waals surface area contributed by atoms with Gasteiger partial charge in [0.2, 0.25) is 0 Å². The predicted molar refractivity (Wildman–Crippen MR) is 94.3 cm³/mol. The van der Waals surface area contributed by atoms with Gasteiger partial charge in [-0.05, 0) is 37.6 Å². The number of anilines is 1. The standard InChI is InChI=1S/C17H29N3S/c1-5-7-16-10-15(12-18-6-2)11-17(19-16)20-8-9-21-14(4)13(20)3/h10-11,13-14,18H,5-9,12H2,1-4H3. The summed E-state index contributed by atoms with van der Waals surface area (Å²) in [4.78, 5) is 7.42. The van der Waals surface area contributed by atoms with E-state index in [-0.39, 0.29) is 0 Å².